The number of azide groups is 1. The maximum atomic E-state index is 11.7. The van der Waals surface area contributed by atoms with E-state index in [0.717, 1.165) is 19.3 Å². The van der Waals surface area contributed by atoms with Gasteiger partial charge in [0, 0.05) is 33.3 Å². The lowest BCUT2D eigenvalue weighted by atomic mass is 10.0. The van der Waals surface area contributed by atoms with Crippen LogP contribution in [0, 0.1) is 0 Å². The predicted molar refractivity (Wildman–Crippen MR) is 58.5 cm³/mol. The summed E-state index contributed by atoms with van der Waals surface area (Å²) >= 11 is 0. The summed E-state index contributed by atoms with van der Waals surface area (Å²) in [5.41, 5.74) is 8.06. The van der Waals surface area contributed by atoms with E-state index < -0.39 is 10.8 Å². The van der Waals surface area contributed by atoms with Gasteiger partial charge in [-0.3, -0.25) is 4.21 Å². The maximum Gasteiger partial charge on any atom is 0.0348 e. The van der Waals surface area contributed by atoms with Crippen molar-refractivity contribution in [1.29, 1.82) is 0 Å². The summed E-state index contributed by atoms with van der Waals surface area (Å²) in [5, 5.41) is 3.85. The lowest BCUT2D eigenvalue weighted by Gasteiger charge is -2.20. The quantitative estimate of drug-likeness (QED) is 0.301. The van der Waals surface area contributed by atoms with E-state index in [9.17, 15) is 4.21 Å². The molecule has 5 heteroatoms. The van der Waals surface area contributed by atoms with Gasteiger partial charge in [-0.25, -0.2) is 0 Å². The molecule has 0 heterocycles. The van der Waals surface area contributed by atoms with Gasteiger partial charge in [0.2, 0.25) is 0 Å². The molecule has 1 atom stereocenters. The lowest BCUT2D eigenvalue weighted by Crippen LogP contribution is -2.20. The Hall–Kier alpha value is -0.540. The summed E-state index contributed by atoms with van der Waals surface area (Å²) in [6, 6.07) is 0. The minimum absolute atomic E-state index is 0.412. The molecule has 80 valence electrons. The van der Waals surface area contributed by atoms with Gasteiger partial charge in [-0.15, -0.1) is 0 Å². The van der Waals surface area contributed by atoms with Crippen molar-refractivity contribution in [3.05, 3.63) is 10.4 Å². The molecular formula is C9H17N3OS. The topological polar surface area (TPSA) is 65.8 Å². The van der Waals surface area contributed by atoms with Crippen LogP contribution in [0.5, 0.6) is 0 Å². The van der Waals surface area contributed by atoms with Gasteiger partial charge < -0.3 is 0 Å². The van der Waals surface area contributed by atoms with E-state index in [1.165, 1.54) is 19.3 Å². The molecule has 1 aliphatic carbocycles. The average molecular weight is 215 g/mol. The Balaban J connectivity index is 2.16. The van der Waals surface area contributed by atoms with Crippen LogP contribution in [0.4, 0.5) is 0 Å². The van der Waals surface area contributed by atoms with E-state index in [1.807, 2.05) is 0 Å². The molecule has 0 radical (unpaired) electrons. The predicted octanol–water partition coefficient (Wildman–Crippen LogP) is 2.77. The van der Waals surface area contributed by atoms with Crippen molar-refractivity contribution in [2.24, 2.45) is 5.11 Å². The van der Waals surface area contributed by atoms with Crippen molar-refractivity contribution >= 4 is 10.8 Å². The monoisotopic (exact) mass is 215 g/mol. The fourth-order valence-corrected chi connectivity index (χ4v) is 3.42. The van der Waals surface area contributed by atoms with Gasteiger partial charge in [0.15, 0.2) is 0 Å². The third-order valence-corrected chi connectivity index (χ3v) is 4.50. The molecular weight excluding hydrogens is 198 g/mol. The Labute approximate surface area is 87.2 Å². The van der Waals surface area contributed by atoms with Gasteiger partial charge in [0.1, 0.15) is 0 Å². The van der Waals surface area contributed by atoms with Crippen LogP contribution in [-0.4, -0.2) is 21.8 Å². The number of hydrogen-bond acceptors (Lipinski definition) is 2. The molecule has 1 unspecified atom stereocenters. The molecule has 1 rings (SSSR count). The second-order valence-electron chi connectivity index (χ2n) is 3.65. The van der Waals surface area contributed by atoms with E-state index in [-0.39, 0.29) is 0 Å². The first-order valence-corrected chi connectivity index (χ1v) is 6.61. The first-order valence-electron chi connectivity index (χ1n) is 5.22. The van der Waals surface area contributed by atoms with Crippen LogP contribution in [-0.2, 0) is 10.8 Å². The summed E-state index contributed by atoms with van der Waals surface area (Å²) in [4.78, 5) is 2.67. The molecule has 0 saturated heterocycles. The molecule has 0 aromatic carbocycles. The summed E-state index contributed by atoms with van der Waals surface area (Å²) in [6.45, 7) is 0.481. The van der Waals surface area contributed by atoms with Crippen molar-refractivity contribution in [3.8, 4) is 0 Å². The van der Waals surface area contributed by atoms with Gasteiger partial charge in [-0.1, -0.05) is 24.4 Å². The largest absolute Gasteiger partial charge is 0.259 e. The normalized spacial score (nSPS) is 20.0. The molecule has 14 heavy (non-hydrogen) atoms. The van der Waals surface area contributed by atoms with Crippen LogP contribution >= 0.6 is 0 Å². The maximum absolute atomic E-state index is 11.7. The van der Waals surface area contributed by atoms with Crippen molar-refractivity contribution < 1.29 is 4.21 Å². The number of rotatable bonds is 5. The Morgan fingerprint density at radius 2 is 2.07 bits per heavy atom. The number of hydrogen-bond donors (Lipinski definition) is 0. The van der Waals surface area contributed by atoms with Crippen LogP contribution in [0.3, 0.4) is 0 Å². The molecule has 1 saturated carbocycles. The Morgan fingerprint density at radius 1 is 1.36 bits per heavy atom. The van der Waals surface area contributed by atoms with E-state index in [4.69, 9.17) is 5.53 Å². The van der Waals surface area contributed by atoms with E-state index in [0.29, 0.717) is 17.5 Å². The summed E-state index contributed by atoms with van der Waals surface area (Å²) in [5.74, 6) is 0.698. The molecule has 0 N–H and O–H groups in total. The second-order valence-corrected chi connectivity index (χ2v) is 5.49. The lowest BCUT2D eigenvalue weighted by molar-refractivity contribution is 0.504. The smallest absolute Gasteiger partial charge is 0.0348 e. The fraction of sp³-hybridized carbons (Fsp3) is 1.00. The highest BCUT2D eigenvalue weighted by Gasteiger charge is 2.18. The second kappa shape index (κ2) is 6.85. The third kappa shape index (κ3) is 4.11. The molecule has 0 aliphatic heterocycles. The zero-order chi connectivity index (χ0) is 10.2. The molecule has 0 bridgehead atoms. The Morgan fingerprint density at radius 3 is 2.71 bits per heavy atom. The first kappa shape index (κ1) is 11.5. The highest BCUT2D eigenvalue weighted by Crippen LogP contribution is 2.22. The van der Waals surface area contributed by atoms with E-state index >= 15 is 0 Å². The van der Waals surface area contributed by atoms with Crippen LogP contribution in [0.25, 0.3) is 10.4 Å². The summed E-state index contributed by atoms with van der Waals surface area (Å²) in [7, 11) is -0.693. The van der Waals surface area contributed by atoms with Crippen LogP contribution in [0.15, 0.2) is 5.11 Å². The van der Waals surface area contributed by atoms with Crippen molar-refractivity contribution in [2.45, 2.75) is 43.8 Å². The summed E-state index contributed by atoms with van der Waals surface area (Å²) < 4.78 is 11.7. The van der Waals surface area contributed by atoms with E-state index in [2.05, 4.69) is 10.0 Å². The third-order valence-electron chi connectivity index (χ3n) is 2.59. The van der Waals surface area contributed by atoms with Crippen molar-refractivity contribution in [1.82, 2.24) is 0 Å². The van der Waals surface area contributed by atoms with Crippen LogP contribution in [0.1, 0.15) is 38.5 Å². The Bertz CT molecular complexity index is 232. The zero-order valence-electron chi connectivity index (χ0n) is 8.39. The van der Waals surface area contributed by atoms with Crippen molar-refractivity contribution in [3.63, 3.8) is 0 Å². The molecule has 1 fully saturated rings. The fourth-order valence-electron chi connectivity index (χ4n) is 1.82. The SMILES string of the molecule is [N-]=[N+]=NCCCS(=O)C1CCCCC1. The van der Waals surface area contributed by atoms with Crippen LogP contribution < -0.4 is 0 Å². The molecule has 0 spiro atoms. The highest BCUT2D eigenvalue weighted by atomic mass is 32.2. The zero-order valence-corrected chi connectivity index (χ0v) is 9.21. The molecule has 0 amide bonds. The van der Waals surface area contributed by atoms with Gasteiger partial charge in [-0.2, -0.15) is 0 Å². The van der Waals surface area contributed by atoms with Gasteiger partial charge in [-0.05, 0) is 24.8 Å². The van der Waals surface area contributed by atoms with Gasteiger partial charge in [0.05, 0.1) is 0 Å². The van der Waals surface area contributed by atoms with Crippen LogP contribution in [0.2, 0.25) is 0 Å². The first-order chi connectivity index (χ1) is 6.84. The molecule has 4 nitrogen and oxygen atoms in total. The summed E-state index contributed by atoms with van der Waals surface area (Å²) in [6.07, 6.45) is 6.75. The van der Waals surface area contributed by atoms with Gasteiger partial charge in [0.25, 0.3) is 0 Å². The molecule has 0 aromatic heterocycles. The van der Waals surface area contributed by atoms with E-state index in [1.54, 1.807) is 0 Å². The molecule has 0 aromatic rings. The Kier molecular flexibility index (Phi) is 5.64. The minimum Gasteiger partial charge on any atom is -0.259 e. The molecule has 1 aliphatic rings. The number of nitrogens with zero attached hydrogens (tertiary/aromatic N) is 3. The standard InChI is InChI=1S/C9H17N3OS/c10-12-11-7-4-8-14(13)9-5-2-1-3-6-9/h9H,1-8H2. The highest BCUT2D eigenvalue weighted by molar-refractivity contribution is 7.85. The van der Waals surface area contributed by atoms with Gasteiger partial charge >= 0.3 is 0 Å². The van der Waals surface area contributed by atoms with Crippen molar-refractivity contribution in [2.75, 3.05) is 12.3 Å². The minimum atomic E-state index is -0.693. The average Bonchev–Trinajstić information content (AvgIpc) is 2.25.